The van der Waals surface area contributed by atoms with Gasteiger partial charge in [-0.25, -0.2) is 4.98 Å². The Bertz CT molecular complexity index is 453. The fourth-order valence-electron chi connectivity index (χ4n) is 3.65. The molecule has 0 aromatic carbocycles. The molecule has 2 N–H and O–H groups in total. The van der Waals surface area contributed by atoms with Crippen LogP contribution in [0.4, 0.5) is 0 Å². The van der Waals surface area contributed by atoms with Crippen LogP contribution >= 0.6 is 11.3 Å². The van der Waals surface area contributed by atoms with Crippen molar-refractivity contribution in [2.75, 3.05) is 13.6 Å². The summed E-state index contributed by atoms with van der Waals surface area (Å²) in [7, 11) is 2.22. The maximum absolute atomic E-state index is 6.19. The van der Waals surface area contributed by atoms with Crippen LogP contribution < -0.4 is 5.73 Å². The highest BCUT2D eigenvalue weighted by atomic mass is 32.1. The molecule has 0 atom stereocenters. The first-order valence-electron chi connectivity index (χ1n) is 8.09. The Kier molecular flexibility index (Phi) is 5.11. The molecule has 0 amide bonds. The molecule has 1 aliphatic carbocycles. The molecule has 1 aromatic rings. The van der Waals surface area contributed by atoms with Gasteiger partial charge in [-0.3, -0.25) is 4.90 Å². The van der Waals surface area contributed by atoms with Crippen LogP contribution in [-0.2, 0) is 6.54 Å². The van der Waals surface area contributed by atoms with Crippen LogP contribution in [-0.4, -0.2) is 29.0 Å². The van der Waals surface area contributed by atoms with Crippen molar-refractivity contribution in [2.45, 2.75) is 65.5 Å². The predicted octanol–water partition coefficient (Wildman–Crippen LogP) is 3.82. The Morgan fingerprint density at radius 1 is 1.38 bits per heavy atom. The van der Waals surface area contributed by atoms with Gasteiger partial charge in [0.1, 0.15) is 0 Å². The van der Waals surface area contributed by atoms with Gasteiger partial charge in [0.25, 0.3) is 0 Å². The third-order valence-corrected chi connectivity index (χ3v) is 6.22. The molecule has 21 heavy (non-hydrogen) atoms. The summed E-state index contributed by atoms with van der Waals surface area (Å²) in [5.41, 5.74) is 7.97. The SMILES string of the molecule is Cc1nc(CN(C)C2(CN)CCC(C(C)(C)C)CC2)cs1. The van der Waals surface area contributed by atoms with Crippen LogP contribution in [0.2, 0.25) is 0 Å². The van der Waals surface area contributed by atoms with E-state index in [9.17, 15) is 0 Å². The summed E-state index contributed by atoms with van der Waals surface area (Å²) in [5, 5.41) is 3.33. The van der Waals surface area contributed by atoms with E-state index in [0.717, 1.165) is 24.0 Å². The van der Waals surface area contributed by atoms with E-state index in [2.05, 4.69) is 50.0 Å². The molecule has 1 aliphatic rings. The molecule has 0 radical (unpaired) electrons. The Balaban J connectivity index is 2.02. The van der Waals surface area contributed by atoms with Gasteiger partial charge in [0, 0.05) is 24.0 Å². The van der Waals surface area contributed by atoms with Crippen molar-refractivity contribution in [3.05, 3.63) is 16.1 Å². The molecule has 1 fully saturated rings. The first kappa shape index (κ1) is 16.9. The highest BCUT2D eigenvalue weighted by Crippen LogP contribution is 2.43. The van der Waals surface area contributed by atoms with Crippen LogP contribution in [0.25, 0.3) is 0 Å². The standard InChI is InChI=1S/C17H31N3S/c1-13-19-15(11-21-13)10-20(5)17(12-18)8-6-14(7-9-17)16(2,3)4/h11,14H,6-10,12,18H2,1-5H3. The summed E-state index contributed by atoms with van der Waals surface area (Å²) in [5.74, 6) is 0.826. The van der Waals surface area contributed by atoms with E-state index in [4.69, 9.17) is 5.73 Å². The number of likely N-dealkylation sites (N-methyl/N-ethyl adjacent to an activating group) is 1. The molecule has 0 bridgehead atoms. The third-order valence-electron chi connectivity index (χ3n) is 5.40. The molecule has 2 rings (SSSR count). The summed E-state index contributed by atoms with van der Waals surface area (Å²) in [6.45, 7) is 10.9. The lowest BCUT2D eigenvalue weighted by molar-refractivity contribution is 0.0328. The van der Waals surface area contributed by atoms with Gasteiger partial charge in [0.05, 0.1) is 10.7 Å². The largest absolute Gasteiger partial charge is 0.329 e. The minimum absolute atomic E-state index is 0.166. The maximum atomic E-state index is 6.19. The summed E-state index contributed by atoms with van der Waals surface area (Å²) >= 11 is 1.73. The van der Waals surface area contributed by atoms with Crippen LogP contribution in [0.1, 0.15) is 57.2 Å². The molecule has 0 unspecified atom stereocenters. The number of aryl methyl sites for hydroxylation is 1. The second-order valence-electron chi connectivity index (χ2n) is 7.78. The molecule has 1 heterocycles. The maximum Gasteiger partial charge on any atom is 0.0897 e. The van der Waals surface area contributed by atoms with Crippen LogP contribution in [0.3, 0.4) is 0 Å². The van der Waals surface area contributed by atoms with Crippen LogP contribution in [0.15, 0.2) is 5.38 Å². The molecule has 0 aliphatic heterocycles. The van der Waals surface area contributed by atoms with Crippen molar-refractivity contribution >= 4 is 11.3 Å². The number of rotatable bonds is 4. The molecule has 1 aromatic heterocycles. The quantitative estimate of drug-likeness (QED) is 0.919. The highest BCUT2D eigenvalue weighted by molar-refractivity contribution is 7.09. The number of nitrogens with zero attached hydrogens (tertiary/aromatic N) is 2. The highest BCUT2D eigenvalue weighted by Gasteiger charge is 2.40. The molecular formula is C17H31N3S. The Morgan fingerprint density at radius 3 is 2.43 bits per heavy atom. The summed E-state index contributed by atoms with van der Waals surface area (Å²) in [4.78, 5) is 7.06. The Morgan fingerprint density at radius 2 is 2.00 bits per heavy atom. The van der Waals surface area contributed by atoms with Gasteiger partial charge < -0.3 is 5.73 Å². The number of aromatic nitrogens is 1. The zero-order valence-corrected chi connectivity index (χ0v) is 15.1. The lowest BCUT2D eigenvalue weighted by Crippen LogP contribution is -2.54. The third kappa shape index (κ3) is 3.85. The topological polar surface area (TPSA) is 42.2 Å². The average Bonchev–Trinajstić information content (AvgIpc) is 2.83. The van der Waals surface area contributed by atoms with Gasteiger partial charge >= 0.3 is 0 Å². The number of thiazole rings is 1. The smallest absolute Gasteiger partial charge is 0.0897 e. The number of hydrogen-bond acceptors (Lipinski definition) is 4. The minimum atomic E-state index is 0.166. The van der Waals surface area contributed by atoms with Gasteiger partial charge in [0.2, 0.25) is 0 Å². The lowest BCUT2D eigenvalue weighted by Gasteiger charge is -2.48. The predicted molar refractivity (Wildman–Crippen MR) is 91.5 cm³/mol. The van der Waals surface area contributed by atoms with E-state index < -0.39 is 0 Å². The van der Waals surface area contributed by atoms with Crippen LogP contribution in [0.5, 0.6) is 0 Å². The molecule has 120 valence electrons. The Hall–Kier alpha value is -0.450. The lowest BCUT2D eigenvalue weighted by atomic mass is 9.67. The zero-order valence-electron chi connectivity index (χ0n) is 14.3. The van der Waals surface area contributed by atoms with E-state index in [-0.39, 0.29) is 5.54 Å². The van der Waals surface area contributed by atoms with Gasteiger partial charge in [-0.2, -0.15) is 0 Å². The fourth-order valence-corrected chi connectivity index (χ4v) is 4.26. The van der Waals surface area contributed by atoms with E-state index in [1.54, 1.807) is 11.3 Å². The molecular weight excluding hydrogens is 278 g/mol. The molecule has 3 nitrogen and oxygen atoms in total. The summed E-state index contributed by atoms with van der Waals surface area (Å²) in [6, 6.07) is 0. The number of hydrogen-bond donors (Lipinski definition) is 1. The van der Waals surface area contributed by atoms with Gasteiger partial charge in [-0.15, -0.1) is 11.3 Å². The normalized spacial score (nSPS) is 27.3. The number of nitrogens with two attached hydrogens (primary N) is 1. The van der Waals surface area contributed by atoms with Gasteiger partial charge in [0.15, 0.2) is 0 Å². The van der Waals surface area contributed by atoms with Crippen molar-refractivity contribution in [3.63, 3.8) is 0 Å². The summed E-state index contributed by atoms with van der Waals surface area (Å²) in [6.07, 6.45) is 5.01. The van der Waals surface area contributed by atoms with Crippen molar-refractivity contribution in [1.82, 2.24) is 9.88 Å². The van der Waals surface area contributed by atoms with E-state index in [0.29, 0.717) is 5.41 Å². The van der Waals surface area contributed by atoms with E-state index in [1.807, 2.05) is 0 Å². The second kappa shape index (κ2) is 6.35. The van der Waals surface area contributed by atoms with Crippen molar-refractivity contribution < 1.29 is 0 Å². The second-order valence-corrected chi connectivity index (χ2v) is 8.84. The van der Waals surface area contributed by atoms with Crippen molar-refractivity contribution in [2.24, 2.45) is 17.1 Å². The molecule has 0 saturated heterocycles. The monoisotopic (exact) mass is 309 g/mol. The zero-order chi connectivity index (χ0) is 15.7. The summed E-state index contributed by atoms with van der Waals surface area (Å²) < 4.78 is 0. The molecule has 0 spiro atoms. The van der Waals surface area contributed by atoms with Gasteiger partial charge in [-0.1, -0.05) is 20.8 Å². The van der Waals surface area contributed by atoms with Crippen molar-refractivity contribution in [1.29, 1.82) is 0 Å². The van der Waals surface area contributed by atoms with Crippen molar-refractivity contribution in [3.8, 4) is 0 Å². The van der Waals surface area contributed by atoms with E-state index >= 15 is 0 Å². The average molecular weight is 310 g/mol. The Labute approximate surface area is 133 Å². The first-order valence-corrected chi connectivity index (χ1v) is 8.97. The molecule has 1 saturated carbocycles. The first-order chi connectivity index (χ1) is 9.77. The fraction of sp³-hybridized carbons (Fsp3) is 0.824. The van der Waals surface area contributed by atoms with Crippen LogP contribution in [0, 0.1) is 18.3 Å². The minimum Gasteiger partial charge on any atom is -0.329 e. The van der Waals surface area contributed by atoms with E-state index in [1.165, 1.54) is 31.4 Å². The molecule has 4 heteroatoms. The van der Waals surface area contributed by atoms with Gasteiger partial charge in [-0.05, 0) is 51.0 Å².